The van der Waals surface area contributed by atoms with Gasteiger partial charge in [-0.3, -0.25) is 13.9 Å². The number of hydrogen-bond donors (Lipinski definition) is 2. The highest BCUT2D eigenvalue weighted by Crippen LogP contribution is 2.09. The van der Waals surface area contributed by atoms with Crippen LogP contribution in [0.25, 0.3) is 11.2 Å². The van der Waals surface area contributed by atoms with Gasteiger partial charge in [-0.2, -0.15) is 0 Å². The summed E-state index contributed by atoms with van der Waals surface area (Å²) >= 11 is 0. The Hall–Kier alpha value is -2.62. The van der Waals surface area contributed by atoms with Crippen LogP contribution in [0.4, 0.5) is 4.79 Å². The number of H-pyrrole nitrogens is 1. The Balaban J connectivity index is 2.14. The SMILES string of the molecule is CC(CCCCn1c(=O)c2[nH]c(CNC(=O)OC(C)(C)C)nc2n(C)c1=O)N(C)C. The Morgan fingerprint density at radius 2 is 1.93 bits per heavy atom. The number of fused-ring (bicyclic) bond motifs is 1. The van der Waals surface area contributed by atoms with Crippen LogP contribution < -0.4 is 16.6 Å². The molecule has 1 unspecified atom stereocenters. The lowest BCUT2D eigenvalue weighted by Crippen LogP contribution is -2.39. The van der Waals surface area contributed by atoms with Gasteiger partial charge in [0.25, 0.3) is 5.56 Å². The Morgan fingerprint density at radius 1 is 1.27 bits per heavy atom. The van der Waals surface area contributed by atoms with Crippen molar-refractivity contribution in [1.82, 2.24) is 29.3 Å². The third-order valence-electron chi connectivity index (χ3n) is 4.96. The monoisotopic (exact) mass is 422 g/mol. The fourth-order valence-electron chi connectivity index (χ4n) is 3.02. The van der Waals surface area contributed by atoms with Gasteiger partial charge in [-0.1, -0.05) is 6.42 Å². The minimum absolute atomic E-state index is 0.0552. The van der Waals surface area contributed by atoms with Crippen molar-refractivity contribution in [2.24, 2.45) is 7.05 Å². The number of amides is 1. The van der Waals surface area contributed by atoms with Crippen LogP contribution in [0.1, 0.15) is 52.8 Å². The first-order chi connectivity index (χ1) is 13.9. The summed E-state index contributed by atoms with van der Waals surface area (Å²) in [6.07, 6.45) is 2.07. The largest absolute Gasteiger partial charge is 0.444 e. The number of ether oxygens (including phenoxy) is 1. The van der Waals surface area contributed by atoms with Gasteiger partial charge in [0.05, 0.1) is 6.54 Å². The van der Waals surface area contributed by atoms with E-state index in [2.05, 4.69) is 27.1 Å². The molecule has 0 radical (unpaired) electrons. The van der Waals surface area contributed by atoms with Crippen LogP contribution in [0.5, 0.6) is 0 Å². The van der Waals surface area contributed by atoms with Gasteiger partial charge in [-0.05, 0) is 54.6 Å². The van der Waals surface area contributed by atoms with E-state index in [4.69, 9.17) is 4.74 Å². The second kappa shape index (κ2) is 9.46. The van der Waals surface area contributed by atoms with Crippen molar-refractivity contribution in [1.29, 1.82) is 0 Å². The molecule has 168 valence electrons. The topological polar surface area (TPSA) is 114 Å². The zero-order valence-corrected chi connectivity index (χ0v) is 19.0. The van der Waals surface area contributed by atoms with Gasteiger partial charge in [0.15, 0.2) is 5.65 Å². The highest BCUT2D eigenvalue weighted by molar-refractivity contribution is 5.70. The predicted octanol–water partition coefficient (Wildman–Crippen LogP) is 1.57. The maximum absolute atomic E-state index is 12.8. The summed E-state index contributed by atoms with van der Waals surface area (Å²) < 4.78 is 7.79. The number of aromatic nitrogens is 4. The molecule has 10 heteroatoms. The second-order valence-corrected chi connectivity index (χ2v) is 8.84. The van der Waals surface area contributed by atoms with Crippen LogP contribution in [0.2, 0.25) is 0 Å². The highest BCUT2D eigenvalue weighted by Gasteiger charge is 2.18. The van der Waals surface area contributed by atoms with Gasteiger partial charge in [0.1, 0.15) is 16.9 Å². The van der Waals surface area contributed by atoms with Crippen molar-refractivity contribution in [2.75, 3.05) is 14.1 Å². The number of aromatic amines is 1. The van der Waals surface area contributed by atoms with Crippen molar-refractivity contribution < 1.29 is 9.53 Å². The Bertz CT molecular complexity index is 996. The molecule has 0 aliphatic rings. The summed E-state index contributed by atoms with van der Waals surface area (Å²) in [6, 6.07) is 0.444. The molecule has 0 aliphatic heterocycles. The number of nitrogens with zero attached hydrogens (tertiary/aromatic N) is 4. The van der Waals surface area contributed by atoms with E-state index in [0.29, 0.717) is 18.4 Å². The third-order valence-corrected chi connectivity index (χ3v) is 4.96. The number of nitrogens with one attached hydrogen (secondary N) is 2. The van der Waals surface area contributed by atoms with Crippen molar-refractivity contribution in [3.05, 3.63) is 26.7 Å². The highest BCUT2D eigenvalue weighted by atomic mass is 16.6. The molecule has 0 saturated heterocycles. The molecule has 0 saturated carbocycles. The molecule has 0 aliphatic carbocycles. The van der Waals surface area contributed by atoms with Gasteiger partial charge >= 0.3 is 11.8 Å². The maximum atomic E-state index is 12.8. The van der Waals surface area contributed by atoms with E-state index in [1.807, 2.05) is 14.1 Å². The van der Waals surface area contributed by atoms with Gasteiger partial charge < -0.3 is 19.9 Å². The number of imidazole rings is 1. The zero-order chi connectivity index (χ0) is 22.6. The number of carbonyl (C=O) groups excluding carboxylic acids is 1. The van der Waals surface area contributed by atoms with Gasteiger partial charge in [-0.15, -0.1) is 0 Å². The average molecular weight is 423 g/mol. The van der Waals surface area contributed by atoms with Crippen molar-refractivity contribution in [2.45, 2.75) is 71.7 Å². The lowest BCUT2D eigenvalue weighted by Gasteiger charge is -2.19. The minimum atomic E-state index is -0.611. The smallest absolute Gasteiger partial charge is 0.408 e. The lowest BCUT2D eigenvalue weighted by atomic mass is 10.1. The molecule has 10 nitrogen and oxygen atoms in total. The molecular weight excluding hydrogens is 388 g/mol. The van der Waals surface area contributed by atoms with Gasteiger partial charge in [0, 0.05) is 19.6 Å². The van der Waals surface area contributed by atoms with E-state index in [1.54, 1.807) is 27.8 Å². The molecule has 2 aromatic heterocycles. The van der Waals surface area contributed by atoms with E-state index >= 15 is 0 Å². The van der Waals surface area contributed by atoms with Crippen molar-refractivity contribution in [3.63, 3.8) is 0 Å². The fourth-order valence-corrected chi connectivity index (χ4v) is 3.02. The van der Waals surface area contributed by atoms with Crippen LogP contribution in [0, 0.1) is 0 Å². The number of rotatable bonds is 8. The van der Waals surface area contributed by atoms with Crippen molar-refractivity contribution >= 4 is 17.3 Å². The summed E-state index contributed by atoms with van der Waals surface area (Å²) in [4.78, 5) is 46.7. The standard InChI is InChI=1S/C20H34N6O4/c1-13(24(5)6)10-8-9-11-26-17(27)15-16(25(7)19(26)29)23-14(22-15)12-21-18(28)30-20(2,3)4/h13H,8-12H2,1-7H3,(H,21,28)(H,22,23). The molecule has 1 atom stereocenters. The number of alkyl carbamates (subject to hydrolysis) is 1. The Kier molecular flexibility index (Phi) is 7.46. The van der Waals surface area contributed by atoms with E-state index < -0.39 is 22.9 Å². The quantitative estimate of drug-likeness (QED) is 0.624. The van der Waals surface area contributed by atoms with Crippen LogP contribution in [-0.4, -0.2) is 55.8 Å². The maximum Gasteiger partial charge on any atom is 0.408 e. The number of hydrogen-bond acceptors (Lipinski definition) is 6. The van der Waals surface area contributed by atoms with Gasteiger partial charge in [-0.25, -0.2) is 14.6 Å². The van der Waals surface area contributed by atoms with Crippen LogP contribution >= 0.6 is 0 Å². The number of aryl methyl sites for hydroxylation is 1. The number of carbonyl (C=O) groups is 1. The Labute approximate surface area is 176 Å². The molecule has 2 heterocycles. The lowest BCUT2D eigenvalue weighted by molar-refractivity contribution is 0.0522. The van der Waals surface area contributed by atoms with E-state index in [1.165, 1.54) is 9.13 Å². The molecule has 2 N–H and O–H groups in total. The molecule has 0 spiro atoms. The molecule has 0 aromatic carbocycles. The summed E-state index contributed by atoms with van der Waals surface area (Å²) in [5.74, 6) is 0.375. The van der Waals surface area contributed by atoms with Gasteiger partial charge in [0.2, 0.25) is 0 Å². The predicted molar refractivity (Wildman–Crippen MR) is 116 cm³/mol. The van der Waals surface area contributed by atoms with E-state index in [-0.39, 0.29) is 17.7 Å². The minimum Gasteiger partial charge on any atom is -0.444 e. The summed E-state index contributed by atoms with van der Waals surface area (Å²) in [5.41, 5.74) is -0.890. The molecule has 2 aromatic rings. The first-order valence-corrected chi connectivity index (χ1v) is 10.2. The molecular formula is C20H34N6O4. The Morgan fingerprint density at radius 3 is 2.53 bits per heavy atom. The summed E-state index contributed by atoms with van der Waals surface area (Å²) in [7, 11) is 5.65. The van der Waals surface area contributed by atoms with Crippen LogP contribution in [-0.2, 0) is 24.9 Å². The van der Waals surface area contributed by atoms with Crippen LogP contribution in [0.15, 0.2) is 9.59 Å². The van der Waals surface area contributed by atoms with Crippen LogP contribution in [0.3, 0.4) is 0 Å². The van der Waals surface area contributed by atoms with E-state index in [0.717, 1.165) is 19.3 Å². The second-order valence-electron chi connectivity index (χ2n) is 8.84. The first-order valence-electron chi connectivity index (χ1n) is 10.2. The first kappa shape index (κ1) is 23.7. The molecule has 1 amide bonds. The zero-order valence-electron chi connectivity index (χ0n) is 19.0. The molecule has 0 bridgehead atoms. The van der Waals surface area contributed by atoms with Crippen molar-refractivity contribution in [3.8, 4) is 0 Å². The molecule has 0 fully saturated rings. The third kappa shape index (κ3) is 5.94. The summed E-state index contributed by atoms with van der Waals surface area (Å²) in [6.45, 7) is 7.87. The fraction of sp³-hybridized carbons (Fsp3) is 0.700. The molecule has 30 heavy (non-hydrogen) atoms. The number of unbranched alkanes of at least 4 members (excludes halogenated alkanes) is 1. The average Bonchev–Trinajstić information content (AvgIpc) is 3.07. The molecule has 2 rings (SSSR count). The summed E-state index contributed by atoms with van der Waals surface area (Å²) in [5, 5.41) is 2.59. The normalized spacial score (nSPS) is 13.1. The van der Waals surface area contributed by atoms with E-state index in [9.17, 15) is 14.4 Å².